The molecule has 7 heteroatoms. The van der Waals surface area contributed by atoms with Gasteiger partial charge in [-0.3, -0.25) is 9.36 Å². The van der Waals surface area contributed by atoms with Crippen molar-refractivity contribution in [3.8, 4) is 17.2 Å². The van der Waals surface area contributed by atoms with Crippen molar-refractivity contribution in [3.63, 3.8) is 0 Å². The second-order valence-corrected chi connectivity index (χ2v) is 6.50. The highest BCUT2D eigenvalue weighted by Gasteiger charge is 2.31. The quantitative estimate of drug-likeness (QED) is 0.737. The van der Waals surface area contributed by atoms with Crippen LogP contribution in [0.3, 0.4) is 0 Å². The van der Waals surface area contributed by atoms with E-state index in [9.17, 15) is 9.90 Å². The molecule has 6 nitrogen and oxygen atoms in total. The molecule has 2 heterocycles. The number of anilines is 1. The zero-order valence-electron chi connectivity index (χ0n) is 13.9. The first-order chi connectivity index (χ1) is 12.6. The molecule has 0 saturated carbocycles. The molecule has 1 aliphatic rings. The average Bonchev–Trinajstić information content (AvgIpc) is 3.05. The average molecular weight is 370 g/mol. The molecule has 1 atom stereocenters. The standard InChI is InChI=1S/C19H16ClN3O3/c1-26-16-7-11(5-6-15(16)24)14-9-17(25)22-19-18(14)21-10-23(19)13-4-2-3-12(20)8-13/h2-8,10,14,24H,9H2,1H3,(H,22,25)/t14-/m1/s1. The summed E-state index contributed by atoms with van der Waals surface area (Å²) >= 11 is 6.09. The van der Waals surface area contributed by atoms with Crippen molar-refractivity contribution in [2.24, 2.45) is 0 Å². The summed E-state index contributed by atoms with van der Waals surface area (Å²) in [5.74, 6) is 0.720. The third-order valence-corrected chi connectivity index (χ3v) is 4.70. The van der Waals surface area contributed by atoms with Crippen LogP contribution in [-0.2, 0) is 4.79 Å². The van der Waals surface area contributed by atoms with Crippen molar-refractivity contribution in [1.82, 2.24) is 9.55 Å². The Balaban J connectivity index is 1.81. The number of aromatic hydroxyl groups is 1. The molecule has 0 fully saturated rings. The van der Waals surface area contributed by atoms with Crippen molar-refractivity contribution in [2.45, 2.75) is 12.3 Å². The number of carbonyl (C=O) groups excluding carboxylic acids is 1. The summed E-state index contributed by atoms with van der Waals surface area (Å²) in [4.78, 5) is 16.9. The lowest BCUT2D eigenvalue weighted by Gasteiger charge is -2.23. The SMILES string of the molecule is COc1cc([C@H]2CC(=O)Nc3c2ncn3-c2cccc(Cl)c2)ccc1O. The third-order valence-electron chi connectivity index (χ3n) is 4.47. The first-order valence-corrected chi connectivity index (χ1v) is 8.44. The molecule has 1 amide bonds. The van der Waals surface area contributed by atoms with Crippen LogP contribution in [0.25, 0.3) is 5.69 Å². The van der Waals surface area contributed by atoms with Crippen molar-refractivity contribution in [3.05, 3.63) is 65.1 Å². The summed E-state index contributed by atoms with van der Waals surface area (Å²) in [6, 6.07) is 12.4. The fraction of sp³-hybridized carbons (Fsp3) is 0.158. The summed E-state index contributed by atoms with van der Waals surface area (Å²) in [6.07, 6.45) is 1.94. The lowest BCUT2D eigenvalue weighted by molar-refractivity contribution is -0.116. The number of nitrogens with one attached hydrogen (secondary N) is 1. The van der Waals surface area contributed by atoms with Gasteiger partial charge in [0.2, 0.25) is 5.91 Å². The van der Waals surface area contributed by atoms with Crippen LogP contribution in [0.1, 0.15) is 23.6 Å². The van der Waals surface area contributed by atoms with Gasteiger partial charge in [-0.05, 0) is 35.9 Å². The Hall–Kier alpha value is -2.99. The molecule has 26 heavy (non-hydrogen) atoms. The van der Waals surface area contributed by atoms with E-state index in [2.05, 4.69) is 10.3 Å². The highest BCUT2D eigenvalue weighted by atomic mass is 35.5. The van der Waals surface area contributed by atoms with Crippen LogP contribution >= 0.6 is 11.6 Å². The predicted octanol–water partition coefficient (Wildman–Crippen LogP) is 3.71. The largest absolute Gasteiger partial charge is 0.504 e. The van der Waals surface area contributed by atoms with Crippen molar-refractivity contribution in [2.75, 3.05) is 12.4 Å². The fourth-order valence-corrected chi connectivity index (χ4v) is 3.40. The van der Waals surface area contributed by atoms with Gasteiger partial charge in [0.25, 0.3) is 0 Å². The molecule has 2 N–H and O–H groups in total. The number of amides is 1. The number of aromatic nitrogens is 2. The Bertz CT molecular complexity index is 999. The molecule has 3 aromatic rings. The summed E-state index contributed by atoms with van der Waals surface area (Å²) < 4.78 is 7.00. The van der Waals surface area contributed by atoms with Crippen LogP contribution in [0, 0.1) is 0 Å². The highest BCUT2D eigenvalue weighted by molar-refractivity contribution is 6.30. The maximum absolute atomic E-state index is 12.3. The number of fused-ring (bicyclic) bond motifs is 1. The van der Waals surface area contributed by atoms with Crippen LogP contribution < -0.4 is 10.1 Å². The Morgan fingerprint density at radius 2 is 2.15 bits per heavy atom. The second-order valence-electron chi connectivity index (χ2n) is 6.06. The summed E-state index contributed by atoms with van der Waals surface area (Å²) in [7, 11) is 1.49. The van der Waals surface area contributed by atoms with E-state index < -0.39 is 0 Å². The van der Waals surface area contributed by atoms with Gasteiger partial charge in [0.05, 0.1) is 12.8 Å². The number of carbonyl (C=O) groups is 1. The lowest BCUT2D eigenvalue weighted by Crippen LogP contribution is -2.24. The van der Waals surface area contributed by atoms with Gasteiger partial charge in [-0.1, -0.05) is 23.7 Å². The van der Waals surface area contributed by atoms with Crippen LogP contribution in [-0.4, -0.2) is 27.7 Å². The molecule has 1 aliphatic heterocycles. The molecule has 0 bridgehead atoms. The number of halogens is 1. The number of hydrogen-bond donors (Lipinski definition) is 2. The van der Waals surface area contributed by atoms with E-state index in [-0.39, 0.29) is 24.0 Å². The molecule has 0 aliphatic carbocycles. The minimum atomic E-state index is -0.228. The lowest BCUT2D eigenvalue weighted by atomic mass is 9.89. The number of rotatable bonds is 3. The monoisotopic (exact) mass is 369 g/mol. The molecule has 0 radical (unpaired) electrons. The van der Waals surface area contributed by atoms with E-state index in [1.807, 2.05) is 22.8 Å². The highest BCUT2D eigenvalue weighted by Crippen LogP contribution is 2.40. The van der Waals surface area contributed by atoms with E-state index >= 15 is 0 Å². The minimum Gasteiger partial charge on any atom is -0.504 e. The molecule has 0 unspecified atom stereocenters. The van der Waals surface area contributed by atoms with Crippen LogP contribution in [0.2, 0.25) is 5.02 Å². The number of benzene rings is 2. The van der Waals surface area contributed by atoms with E-state index in [0.717, 1.165) is 16.9 Å². The number of ether oxygens (including phenoxy) is 1. The zero-order chi connectivity index (χ0) is 18.3. The predicted molar refractivity (Wildman–Crippen MR) is 98.3 cm³/mol. The van der Waals surface area contributed by atoms with Crippen molar-refractivity contribution >= 4 is 23.3 Å². The normalized spacial score (nSPS) is 16.1. The molecule has 2 aromatic carbocycles. The molecular formula is C19H16ClN3O3. The van der Waals surface area contributed by atoms with Gasteiger partial charge in [0.1, 0.15) is 12.1 Å². The van der Waals surface area contributed by atoms with E-state index in [1.54, 1.807) is 30.6 Å². The summed E-state index contributed by atoms with van der Waals surface area (Å²) in [5.41, 5.74) is 2.43. The fourth-order valence-electron chi connectivity index (χ4n) is 3.22. The van der Waals surface area contributed by atoms with Crippen LogP contribution in [0.4, 0.5) is 5.82 Å². The van der Waals surface area contributed by atoms with Gasteiger partial charge in [0, 0.05) is 23.0 Å². The van der Waals surface area contributed by atoms with E-state index in [0.29, 0.717) is 16.6 Å². The minimum absolute atomic E-state index is 0.0567. The number of hydrogen-bond acceptors (Lipinski definition) is 4. The zero-order valence-corrected chi connectivity index (χ0v) is 14.7. The third kappa shape index (κ3) is 2.78. The molecule has 1 aromatic heterocycles. The summed E-state index contributed by atoms with van der Waals surface area (Å²) in [5, 5.41) is 13.3. The molecule has 0 saturated heterocycles. The Morgan fingerprint density at radius 1 is 1.31 bits per heavy atom. The first kappa shape index (κ1) is 16.5. The Labute approximate surface area is 155 Å². The molecule has 4 rings (SSSR count). The van der Waals surface area contributed by atoms with Gasteiger partial charge in [0.15, 0.2) is 11.5 Å². The van der Waals surface area contributed by atoms with Crippen molar-refractivity contribution in [1.29, 1.82) is 0 Å². The van der Waals surface area contributed by atoms with Gasteiger partial charge >= 0.3 is 0 Å². The summed E-state index contributed by atoms with van der Waals surface area (Å²) in [6.45, 7) is 0. The topological polar surface area (TPSA) is 76.4 Å². The van der Waals surface area contributed by atoms with E-state index in [1.165, 1.54) is 7.11 Å². The molecular weight excluding hydrogens is 354 g/mol. The number of phenolic OH excluding ortho intramolecular Hbond substituents is 1. The molecule has 0 spiro atoms. The van der Waals surface area contributed by atoms with Crippen LogP contribution in [0.5, 0.6) is 11.5 Å². The number of imidazole rings is 1. The smallest absolute Gasteiger partial charge is 0.226 e. The Morgan fingerprint density at radius 3 is 2.92 bits per heavy atom. The number of phenols is 1. The first-order valence-electron chi connectivity index (χ1n) is 8.06. The maximum atomic E-state index is 12.3. The van der Waals surface area contributed by atoms with Gasteiger partial charge in [-0.25, -0.2) is 4.98 Å². The maximum Gasteiger partial charge on any atom is 0.226 e. The van der Waals surface area contributed by atoms with Gasteiger partial charge < -0.3 is 15.2 Å². The van der Waals surface area contributed by atoms with Gasteiger partial charge in [-0.15, -0.1) is 0 Å². The van der Waals surface area contributed by atoms with Gasteiger partial charge in [-0.2, -0.15) is 0 Å². The van der Waals surface area contributed by atoms with E-state index in [4.69, 9.17) is 16.3 Å². The van der Waals surface area contributed by atoms with Crippen molar-refractivity contribution < 1.29 is 14.6 Å². The van der Waals surface area contributed by atoms with Crippen LogP contribution in [0.15, 0.2) is 48.8 Å². The second kappa shape index (κ2) is 6.38. The number of nitrogens with zero attached hydrogens (tertiary/aromatic N) is 2. The Kier molecular flexibility index (Phi) is 4.05. The number of methoxy groups -OCH3 is 1. The molecule has 132 valence electrons.